The Labute approximate surface area is 147 Å². The van der Waals surface area contributed by atoms with Crippen LogP contribution >= 0.6 is 40.7 Å². The van der Waals surface area contributed by atoms with Gasteiger partial charge in [-0.1, -0.05) is 0 Å². The summed E-state index contributed by atoms with van der Waals surface area (Å²) < 4.78 is 3.73. The molecular weight excluding hydrogens is 395 g/mol. The molecule has 9 heteroatoms. The fraction of sp³-hybridized carbons (Fsp3) is 0.462. The monoisotopic (exact) mass is 410 g/mol. The molecule has 3 heterocycles. The lowest BCUT2D eigenvalue weighted by Crippen LogP contribution is -2.44. The van der Waals surface area contributed by atoms with Gasteiger partial charge in [0.05, 0.1) is 5.52 Å². The number of hydrogen-bond acceptors (Lipinski definition) is 4. The second-order valence-electron chi connectivity index (χ2n) is 5.02. The summed E-state index contributed by atoms with van der Waals surface area (Å²) in [5.74, 6) is 0. The molecule has 2 aromatic rings. The molecule has 2 aromatic heterocycles. The molecule has 0 aliphatic carbocycles. The largest absolute Gasteiger partial charge is 0.318 e. The summed E-state index contributed by atoms with van der Waals surface area (Å²) in [6.45, 7) is 1.70. The molecule has 1 fully saturated rings. The lowest BCUT2D eigenvalue weighted by atomic mass is 10.1. The third kappa shape index (κ3) is 3.22. The number of hydrogen-bond donors (Lipinski definition) is 1. The number of rotatable bonds is 1. The van der Waals surface area contributed by atoms with Crippen LogP contribution in [0.15, 0.2) is 26.3 Å². The third-order valence-electron chi connectivity index (χ3n) is 3.78. The van der Waals surface area contributed by atoms with Gasteiger partial charge in [0.1, 0.15) is 0 Å². The van der Waals surface area contributed by atoms with Crippen LogP contribution in [0, 0.1) is 0 Å². The van der Waals surface area contributed by atoms with E-state index in [1.807, 2.05) is 6.07 Å². The van der Waals surface area contributed by atoms with Gasteiger partial charge in [0, 0.05) is 23.8 Å². The van der Waals surface area contributed by atoms with Crippen LogP contribution in [0.2, 0.25) is 0 Å². The minimum atomic E-state index is -0.504. The Balaban J connectivity index is 0.00000121. The quantitative estimate of drug-likeness (QED) is 0.724. The molecule has 1 N–H and O–H groups in total. The SMILES string of the molecule is Cl.Cl.Cn1c(=O)c(=O)n(C2CCNCC2)c2ncc(Br)cc21. The van der Waals surface area contributed by atoms with Gasteiger partial charge in [-0.3, -0.25) is 14.2 Å². The Morgan fingerprint density at radius 3 is 2.50 bits per heavy atom. The molecule has 0 atom stereocenters. The first-order chi connectivity index (χ1) is 9.59. The standard InChI is InChI=1S/C13H15BrN4O2.2ClH/c1-17-10-6-8(14)7-16-11(10)18(13(20)12(17)19)9-2-4-15-5-3-9;;/h6-7,9,15H,2-5H2,1H3;2*1H. The molecule has 0 saturated carbocycles. The molecule has 0 aromatic carbocycles. The zero-order valence-corrected chi connectivity index (χ0v) is 15.1. The van der Waals surface area contributed by atoms with Gasteiger partial charge in [-0.15, -0.1) is 24.8 Å². The van der Waals surface area contributed by atoms with Gasteiger partial charge in [-0.05, 0) is 47.9 Å². The third-order valence-corrected chi connectivity index (χ3v) is 4.22. The van der Waals surface area contributed by atoms with Crippen molar-refractivity contribution in [3.63, 3.8) is 0 Å². The summed E-state index contributed by atoms with van der Waals surface area (Å²) in [4.78, 5) is 28.8. The lowest BCUT2D eigenvalue weighted by Gasteiger charge is -2.25. The molecule has 0 unspecified atom stereocenters. The fourth-order valence-electron chi connectivity index (χ4n) is 2.71. The molecule has 122 valence electrons. The number of aryl methyl sites for hydroxylation is 1. The fourth-order valence-corrected chi connectivity index (χ4v) is 3.03. The molecule has 0 amide bonds. The van der Waals surface area contributed by atoms with E-state index in [1.54, 1.807) is 17.8 Å². The molecule has 1 saturated heterocycles. The second-order valence-corrected chi connectivity index (χ2v) is 5.93. The van der Waals surface area contributed by atoms with E-state index in [2.05, 4.69) is 26.2 Å². The average Bonchev–Trinajstić information content (AvgIpc) is 2.47. The number of aromatic nitrogens is 3. The van der Waals surface area contributed by atoms with Gasteiger partial charge in [-0.25, -0.2) is 4.98 Å². The Morgan fingerprint density at radius 1 is 1.23 bits per heavy atom. The van der Waals surface area contributed by atoms with Gasteiger partial charge in [-0.2, -0.15) is 0 Å². The summed E-state index contributed by atoms with van der Waals surface area (Å²) >= 11 is 3.35. The van der Waals surface area contributed by atoms with E-state index >= 15 is 0 Å². The number of halogens is 3. The van der Waals surface area contributed by atoms with Crippen molar-refractivity contribution in [1.29, 1.82) is 0 Å². The van der Waals surface area contributed by atoms with Crippen LogP contribution in [0.25, 0.3) is 11.2 Å². The van der Waals surface area contributed by atoms with Crippen LogP contribution in [0.5, 0.6) is 0 Å². The van der Waals surface area contributed by atoms with E-state index in [9.17, 15) is 9.59 Å². The van der Waals surface area contributed by atoms with Crippen molar-refractivity contribution in [3.8, 4) is 0 Å². The number of pyridine rings is 1. The Bertz CT molecular complexity index is 784. The van der Waals surface area contributed by atoms with Gasteiger partial charge in [0.25, 0.3) is 0 Å². The predicted octanol–water partition coefficient (Wildman–Crippen LogP) is 1.63. The second kappa shape index (κ2) is 7.59. The highest BCUT2D eigenvalue weighted by Gasteiger charge is 2.21. The molecule has 22 heavy (non-hydrogen) atoms. The summed E-state index contributed by atoms with van der Waals surface area (Å²) in [7, 11) is 1.60. The maximum Gasteiger partial charge on any atom is 0.318 e. The number of fused-ring (bicyclic) bond motifs is 1. The molecule has 0 spiro atoms. The van der Waals surface area contributed by atoms with Crippen molar-refractivity contribution in [1.82, 2.24) is 19.4 Å². The maximum absolute atomic E-state index is 12.3. The lowest BCUT2D eigenvalue weighted by molar-refractivity contribution is 0.365. The molecule has 1 aliphatic heterocycles. The molecule has 6 nitrogen and oxygen atoms in total. The number of piperidine rings is 1. The van der Waals surface area contributed by atoms with E-state index in [1.165, 1.54) is 4.57 Å². The average molecular weight is 412 g/mol. The van der Waals surface area contributed by atoms with Gasteiger partial charge in [0.15, 0.2) is 5.65 Å². The molecule has 0 bridgehead atoms. The van der Waals surface area contributed by atoms with Gasteiger partial charge >= 0.3 is 11.1 Å². The zero-order valence-electron chi connectivity index (χ0n) is 11.9. The van der Waals surface area contributed by atoms with Crippen molar-refractivity contribution in [2.45, 2.75) is 18.9 Å². The summed E-state index contributed by atoms with van der Waals surface area (Å²) in [6.07, 6.45) is 3.32. The van der Waals surface area contributed by atoms with E-state index in [4.69, 9.17) is 0 Å². The van der Waals surface area contributed by atoms with Gasteiger partial charge < -0.3 is 9.88 Å². The Morgan fingerprint density at radius 2 is 1.86 bits per heavy atom. The number of nitrogens with one attached hydrogen (secondary N) is 1. The first kappa shape index (κ1) is 19.2. The van der Waals surface area contributed by atoms with Crippen LogP contribution in [-0.2, 0) is 7.05 Å². The predicted molar refractivity (Wildman–Crippen MR) is 94.6 cm³/mol. The summed E-state index contributed by atoms with van der Waals surface area (Å²) in [5, 5.41) is 3.26. The maximum atomic E-state index is 12.3. The highest BCUT2D eigenvalue weighted by molar-refractivity contribution is 9.10. The summed E-state index contributed by atoms with van der Waals surface area (Å²) in [6, 6.07) is 1.86. The summed E-state index contributed by atoms with van der Waals surface area (Å²) in [5.41, 5.74) is 0.257. The molecular formula is C13H17BrCl2N4O2. The zero-order chi connectivity index (χ0) is 14.3. The van der Waals surface area contributed by atoms with Crippen molar-refractivity contribution >= 4 is 51.9 Å². The van der Waals surface area contributed by atoms with E-state index < -0.39 is 11.1 Å². The minimum absolute atomic E-state index is 0. The first-order valence-electron chi connectivity index (χ1n) is 6.57. The van der Waals surface area contributed by atoms with E-state index in [0.29, 0.717) is 11.2 Å². The van der Waals surface area contributed by atoms with Crippen LogP contribution in [0.4, 0.5) is 0 Å². The van der Waals surface area contributed by atoms with E-state index in [0.717, 1.165) is 30.4 Å². The smallest absolute Gasteiger partial charge is 0.317 e. The van der Waals surface area contributed by atoms with E-state index in [-0.39, 0.29) is 30.9 Å². The number of nitrogens with zero attached hydrogens (tertiary/aromatic N) is 3. The van der Waals surface area contributed by atoms with Crippen LogP contribution in [-0.4, -0.2) is 27.2 Å². The minimum Gasteiger partial charge on any atom is -0.317 e. The van der Waals surface area contributed by atoms with Crippen molar-refractivity contribution in [2.75, 3.05) is 13.1 Å². The highest BCUT2D eigenvalue weighted by atomic mass is 79.9. The molecule has 0 radical (unpaired) electrons. The van der Waals surface area contributed by atoms with Crippen molar-refractivity contribution < 1.29 is 0 Å². The van der Waals surface area contributed by atoms with Crippen LogP contribution in [0.1, 0.15) is 18.9 Å². The normalized spacial score (nSPS) is 15.2. The highest BCUT2D eigenvalue weighted by Crippen LogP contribution is 2.21. The first-order valence-corrected chi connectivity index (χ1v) is 7.36. The topological polar surface area (TPSA) is 68.9 Å². The Kier molecular flexibility index (Phi) is 6.61. The molecule has 3 rings (SSSR count). The van der Waals surface area contributed by atoms with Crippen LogP contribution < -0.4 is 16.4 Å². The Hall–Kier alpha value is -0.890. The molecule has 1 aliphatic rings. The van der Waals surface area contributed by atoms with Gasteiger partial charge in [0.2, 0.25) is 0 Å². The van der Waals surface area contributed by atoms with Crippen LogP contribution in [0.3, 0.4) is 0 Å². The van der Waals surface area contributed by atoms with Crippen molar-refractivity contribution in [3.05, 3.63) is 37.4 Å². The van der Waals surface area contributed by atoms with Crippen molar-refractivity contribution in [2.24, 2.45) is 7.05 Å².